The Hall–Kier alpha value is -3.20. The minimum Gasteiger partial charge on any atom is -0.452 e. The zero-order valence-electron chi connectivity index (χ0n) is 15.3. The number of carbonyl (C=O) groups is 2. The van der Waals surface area contributed by atoms with Gasteiger partial charge < -0.3 is 14.6 Å². The Morgan fingerprint density at radius 3 is 2.69 bits per heavy atom. The second kappa shape index (κ2) is 7.67. The van der Waals surface area contributed by atoms with Gasteiger partial charge in [0, 0.05) is 11.6 Å². The monoisotopic (exact) mass is 414 g/mol. The van der Waals surface area contributed by atoms with E-state index in [2.05, 4.69) is 10.5 Å². The lowest BCUT2D eigenvalue weighted by atomic mass is 10.1. The normalized spacial score (nSPS) is 17.9. The number of nitrogens with one attached hydrogen (secondary N) is 1. The van der Waals surface area contributed by atoms with Crippen LogP contribution in [-0.4, -0.2) is 49.6 Å². The zero-order valence-corrected chi connectivity index (χ0v) is 16.1. The van der Waals surface area contributed by atoms with E-state index in [1.165, 1.54) is 0 Å². The highest BCUT2D eigenvalue weighted by molar-refractivity contribution is 7.91. The summed E-state index contributed by atoms with van der Waals surface area (Å²) >= 11 is 0. The summed E-state index contributed by atoms with van der Waals surface area (Å²) in [7, 11) is -3.09. The third-order valence-corrected chi connectivity index (χ3v) is 6.45. The molecule has 4 rings (SSSR count). The second-order valence-electron chi connectivity index (χ2n) is 6.85. The molecule has 1 aromatic heterocycles. The zero-order chi connectivity index (χ0) is 20.4. The molecule has 0 saturated carbocycles. The van der Waals surface area contributed by atoms with Crippen molar-refractivity contribution in [3.8, 4) is 11.3 Å². The number of hydrogen-bond acceptors (Lipinski definition) is 7. The first-order valence-electron chi connectivity index (χ1n) is 9.03. The van der Waals surface area contributed by atoms with Gasteiger partial charge in [0.2, 0.25) is 0 Å². The van der Waals surface area contributed by atoms with Gasteiger partial charge in [-0.05, 0) is 24.6 Å². The molecule has 9 heteroatoms. The maximum Gasteiger partial charge on any atom is 0.338 e. The quantitative estimate of drug-likeness (QED) is 0.635. The van der Waals surface area contributed by atoms with Crippen LogP contribution in [0.2, 0.25) is 0 Å². The maximum atomic E-state index is 12.4. The maximum absolute atomic E-state index is 12.4. The minimum absolute atomic E-state index is 0.0558. The second-order valence-corrected chi connectivity index (χ2v) is 9.08. The van der Waals surface area contributed by atoms with E-state index in [1.54, 1.807) is 18.2 Å². The van der Waals surface area contributed by atoms with Crippen LogP contribution in [0.25, 0.3) is 22.2 Å². The van der Waals surface area contributed by atoms with Gasteiger partial charge in [-0.1, -0.05) is 35.5 Å². The lowest BCUT2D eigenvalue weighted by molar-refractivity contribution is -0.124. The van der Waals surface area contributed by atoms with Crippen molar-refractivity contribution in [2.45, 2.75) is 12.5 Å². The molecule has 1 saturated heterocycles. The number of amides is 1. The predicted molar refractivity (Wildman–Crippen MR) is 105 cm³/mol. The molecule has 8 nitrogen and oxygen atoms in total. The number of fused-ring (bicyclic) bond motifs is 1. The van der Waals surface area contributed by atoms with E-state index in [-0.39, 0.29) is 17.1 Å². The summed E-state index contributed by atoms with van der Waals surface area (Å²) in [6.45, 7) is -0.484. The van der Waals surface area contributed by atoms with Gasteiger partial charge in [0.05, 0.1) is 22.5 Å². The fourth-order valence-electron chi connectivity index (χ4n) is 3.26. The highest BCUT2D eigenvalue weighted by Gasteiger charge is 2.29. The number of benzene rings is 2. The smallest absolute Gasteiger partial charge is 0.338 e. The molecule has 0 bridgehead atoms. The Morgan fingerprint density at radius 1 is 1.17 bits per heavy atom. The predicted octanol–water partition coefficient (Wildman–Crippen LogP) is 1.95. The van der Waals surface area contributed by atoms with Gasteiger partial charge in [0.1, 0.15) is 5.52 Å². The summed E-state index contributed by atoms with van der Waals surface area (Å²) in [6, 6.07) is 13.7. The molecule has 1 atom stereocenters. The van der Waals surface area contributed by atoms with E-state index in [9.17, 15) is 18.0 Å². The molecule has 3 aromatic rings. The summed E-state index contributed by atoms with van der Waals surface area (Å²) in [5.41, 5.74) is 1.68. The van der Waals surface area contributed by atoms with Crippen molar-refractivity contribution >= 4 is 32.6 Å². The van der Waals surface area contributed by atoms with Crippen molar-refractivity contribution in [1.82, 2.24) is 10.5 Å². The first-order chi connectivity index (χ1) is 13.9. The largest absolute Gasteiger partial charge is 0.452 e. The molecule has 0 unspecified atom stereocenters. The van der Waals surface area contributed by atoms with E-state index in [0.29, 0.717) is 23.1 Å². The Kier molecular flexibility index (Phi) is 5.06. The van der Waals surface area contributed by atoms with Crippen LogP contribution in [0.4, 0.5) is 0 Å². The lowest BCUT2D eigenvalue weighted by Gasteiger charge is -2.11. The topological polar surface area (TPSA) is 116 Å². The number of rotatable bonds is 5. The van der Waals surface area contributed by atoms with Crippen LogP contribution in [0.5, 0.6) is 0 Å². The van der Waals surface area contributed by atoms with Crippen molar-refractivity contribution in [3.63, 3.8) is 0 Å². The van der Waals surface area contributed by atoms with Crippen molar-refractivity contribution < 1.29 is 27.3 Å². The van der Waals surface area contributed by atoms with Gasteiger partial charge in [0.25, 0.3) is 5.91 Å². The molecule has 1 N–H and O–H groups in total. The van der Waals surface area contributed by atoms with Gasteiger partial charge >= 0.3 is 5.97 Å². The summed E-state index contributed by atoms with van der Waals surface area (Å²) in [6.07, 6.45) is 0.369. The number of sulfone groups is 1. The van der Waals surface area contributed by atoms with Crippen molar-refractivity contribution in [2.24, 2.45) is 0 Å². The summed E-state index contributed by atoms with van der Waals surface area (Å²) in [5.74, 6) is -0.687. The van der Waals surface area contributed by atoms with Crippen LogP contribution < -0.4 is 5.32 Å². The molecule has 150 valence electrons. The average molecular weight is 414 g/mol. The number of aromatic nitrogens is 1. The molecule has 1 fully saturated rings. The van der Waals surface area contributed by atoms with Crippen LogP contribution in [0.1, 0.15) is 16.8 Å². The van der Waals surface area contributed by atoms with Crippen LogP contribution in [0.3, 0.4) is 0 Å². The molecule has 0 aliphatic carbocycles. The Morgan fingerprint density at radius 2 is 1.97 bits per heavy atom. The van der Waals surface area contributed by atoms with Crippen molar-refractivity contribution in [1.29, 1.82) is 0 Å². The van der Waals surface area contributed by atoms with Crippen LogP contribution >= 0.6 is 0 Å². The lowest BCUT2D eigenvalue weighted by Crippen LogP contribution is -2.38. The molecule has 2 heterocycles. The fourth-order valence-corrected chi connectivity index (χ4v) is 4.93. The minimum atomic E-state index is -3.09. The van der Waals surface area contributed by atoms with Gasteiger partial charge in [0.15, 0.2) is 22.2 Å². The van der Waals surface area contributed by atoms with Crippen molar-refractivity contribution in [3.05, 3.63) is 54.1 Å². The van der Waals surface area contributed by atoms with E-state index in [4.69, 9.17) is 9.26 Å². The highest BCUT2D eigenvalue weighted by atomic mass is 32.2. The van der Waals surface area contributed by atoms with Gasteiger partial charge in [-0.2, -0.15) is 0 Å². The number of carbonyl (C=O) groups excluding carboxylic acids is 2. The molecule has 1 amide bonds. The highest BCUT2D eigenvalue weighted by Crippen LogP contribution is 2.29. The van der Waals surface area contributed by atoms with Crippen LogP contribution in [-0.2, 0) is 19.4 Å². The molecule has 0 radical (unpaired) electrons. The van der Waals surface area contributed by atoms with Crippen molar-refractivity contribution in [2.75, 3.05) is 18.1 Å². The van der Waals surface area contributed by atoms with Crippen LogP contribution in [0, 0.1) is 0 Å². The van der Waals surface area contributed by atoms with Gasteiger partial charge in [-0.25, -0.2) is 13.2 Å². The Labute approximate surface area is 166 Å². The van der Waals surface area contributed by atoms with E-state index in [1.807, 2.05) is 30.3 Å². The number of esters is 1. The molecule has 1 aliphatic rings. The van der Waals surface area contributed by atoms with E-state index < -0.39 is 34.4 Å². The molecular weight excluding hydrogens is 396 g/mol. The average Bonchev–Trinajstić information content (AvgIpc) is 3.28. The number of ether oxygens (including phenoxy) is 1. The third-order valence-electron chi connectivity index (χ3n) is 4.68. The SMILES string of the molecule is O=C(COC(=O)c1ccc2noc(-c3ccccc3)c2c1)N[C@H]1CCS(=O)(=O)C1. The fraction of sp³-hybridized carbons (Fsp3) is 0.250. The van der Waals surface area contributed by atoms with E-state index >= 15 is 0 Å². The number of hydrogen-bond donors (Lipinski definition) is 1. The standard InChI is InChI=1S/C20H18N2O6S/c23-18(21-15-8-9-29(25,26)12-15)11-27-20(24)14-6-7-17-16(10-14)19(28-22-17)13-4-2-1-3-5-13/h1-7,10,15H,8-9,11-12H2,(H,21,23)/t15-/m0/s1. The van der Waals surface area contributed by atoms with Crippen LogP contribution in [0.15, 0.2) is 53.1 Å². The molecular formula is C20H18N2O6S. The Bertz CT molecular complexity index is 1170. The Balaban J connectivity index is 1.43. The first-order valence-corrected chi connectivity index (χ1v) is 10.9. The molecule has 2 aromatic carbocycles. The molecule has 0 spiro atoms. The first kappa shape index (κ1) is 19.1. The van der Waals surface area contributed by atoms with Gasteiger partial charge in [-0.15, -0.1) is 0 Å². The van der Waals surface area contributed by atoms with Gasteiger partial charge in [-0.3, -0.25) is 4.79 Å². The van der Waals surface area contributed by atoms with E-state index in [0.717, 1.165) is 5.56 Å². The summed E-state index contributed by atoms with van der Waals surface area (Å²) < 4.78 is 33.4. The molecule has 29 heavy (non-hydrogen) atoms. The number of nitrogens with zero attached hydrogens (tertiary/aromatic N) is 1. The third kappa shape index (κ3) is 4.29. The summed E-state index contributed by atoms with van der Waals surface area (Å²) in [5, 5.41) is 7.23. The summed E-state index contributed by atoms with van der Waals surface area (Å²) in [4.78, 5) is 24.3. The molecule has 1 aliphatic heterocycles.